The van der Waals surface area contributed by atoms with Crippen LogP contribution < -0.4 is 0 Å². The van der Waals surface area contributed by atoms with Crippen LogP contribution in [-0.4, -0.2) is 9.55 Å². The molecule has 0 radical (unpaired) electrons. The van der Waals surface area contributed by atoms with Gasteiger partial charge in [-0.3, -0.25) is 4.98 Å². The van der Waals surface area contributed by atoms with E-state index in [2.05, 4.69) is 151 Å². The van der Waals surface area contributed by atoms with Crippen LogP contribution in [0.3, 0.4) is 0 Å². The molecule has 0 aliphatic rings. The number of pyridine rings is 1. The van der Waals surface area contributed by atoms with E-state index in [1.165, 1.54) is 44.2 Å². The predicted molar refractivity (Wildman–Crippen MR) is 195 cm³/mol. The van der Waals surface area contributed by atoms with Crippen LogP contribution in [0.15, 0.2) is 152 Å². The van der Waals surface area contributed by atoms with Crippen molar-refractivity contribution in [3.05, 3.63) is 169 Å². The first-order valence-corrected chi connectivity index (χ1v) is 15.9. The third-order valence-corrected chi connectivity index (χ3v) is 9.25. The van der Waals surface area contributed by atoms with Gasteiger partial charge in [-0.15, -0.1) is 0 Å². The Kier molecular flexibility index (Phi) is 6.97. The molecule has 47 heavy (non-hydrogen) atoms. The van der Waals surface area contributed by atoms with Crippen LogP contribution >= 0.6 is 0 Å². The number of benzene rings is 6. The molecule has 0 saturated heterocycles. The van der Waals surface area contributed by atoms with Gasteiger partial charge in [0.1, 0.15) is 0 Å². The zero-order valence-corrected chi connectivity index (χ0v) is 26.3. The standard InChI is InChI=1S/C44H31N3/c1-29-10-6-8-14-36(29)33-16-18-38-39-19-17-34(37-15-9-7-11-30(37)2)26-43(39)47(42(38)25-33)44-27-40(32-20-22-46-23-21-32)35(28-45)24-41(44)31-12-4-3-5-13-31/h3-27H,1-2H3. The van der Waals surface area contributed by atoms with E-state index in [1.807, 2.05) is 18.2 Å². The van der Waals surface area contributed by atoms with E-state index < -0.39 is 0 Å². The first-order valence-electron chi connectivity index (χ1n) is 15.9. The minimum Gasteiger partial charge on any atom is -0.309 e. The number of nitrogens with zero attached hydrogens (tertiary/aromatic N) is 3. The third kappa shape index (κ3) is 4.88. The zero-order valence-electron chi connectivity index (χ0n) is 26.3. The van der Waals surface area contributed by atoms with Gasteiger partial charge >= 0.3 is 0 Å². The highest BCUT2D eigenvalue weighted by Gasteiger charge is 2.20. The molecule has 0 aliphatic carbocycles. The van der Waals surface area contributed by atoms with E-state index in [0.717, 1.165) is 39.0 Å². The number of aromatic nitrogens is 2. The third-order valence-electron chi connectivity index (χ3n) is 9.25. The monoisotopic (exact) mass is 601 g/mol. The highest BCUT2D eigenvalue weighted by Crippen LogP contribution is 2.42. The molecule has 8 aromatic rings. The maximum absolute atomic E-state index is 10.4. The summed E-state index contributed by atoms with van der Waals surface area (Å²) in [5.41, 5.74) is 15.0. The number of hydrogen-bond acceptors (Lipinski definition) is 2. The van der Waals surface area contributed by atoms with Gasteiger partial charge in [0.15, 0.2) is 0 Å². The molecule has 0 N–H and O–H groups in total. The van der Waals surface area contributed by atoms with Gasteiger partial charge in [0.25, 0.3) is 0 Å². The van der Waals surface area contributed by atoms with E-state index in [9.17, 15) is 5.26 Å². The zero-order chi connectivity index (χ0) is 31.9. The second-order valence-electron chi connectivity index (χ2n) is 12.1. The smallest absolute Gasteiger partial charge is 0.0998 e. The summed E-state index contributed by atoms with van der Waals surface area (Å²) in [7, 11) is 0. The molecule has 0 unspecified atom stereocenters. The van der Waals surface area contributed by atoms with Gasteiger partial charge < -0.3 is 4.57 Å². The fourth-order valence-corrected chi connectivity index (χ4v) is 6.89. The largest absolute Gasteiger partial charge is 0.309 e. The number of rotatable bonds is 5. The molecule has 0 amide bonds. The first kappa shape index (κ1) is 28.2. The average molecular weight is 602 g/mol. The van der Waals surface area contributed by atoms with Gasteiger partial charge in [-0.25, -0.2) is 0 Å². The fraction of sp³-hybridized carbons (Fsp3) is 0.0455. The molecule has 222 valence electrons. The second-order valence-corrected chi connectivity index (χ2v) is 12.1. The van der Waals surface area contributed by atoms with Crippen LogP contribution in [0.25, 0.3) is 72.0 Å². The Hall–Kier alpha value is -6.24. The Morgan fingerprint density at radius 2 is 1.02 bits per heavy atom. The van der Waals surface area contributed by atoms with Crippen LogP contribution in [0.1, 0.15) is 16.7 Å². The van der Waals surface area contributed by atoms with E-state index in [4.69, 9.17) is 0 Å². The van der Waals surface area contributed by atoms with E-state index in [0.29, 0.717) is 5.56 Å². The van der Waals surface area contributed by atoms with Crippen molar-refractivity contribution in [2.24, 2.45) is 0 Å². The van der Waals surface area contributed by atoms with Crippen LogP contribution in [0.2, 0.25) is 0 Å². The molecule has 2 aromatic heterocycles. The lowest BCUT2D eigenvalue weighted by Gasteiger charge is -2.18. The number of aryl methyl sites for hydroxylation is 2. The maximum atomic E-state index is 10.4. The van der Waals surface area contributed by atoms with Crippen molar-refractivity contribution < 1.29 is 0 Å². The first-order chi connectivity index (χ1) is 23.1. The molecule has 0 aliphatic heterocycles. The summed E-state index contributed by atoms with van der Waals surface area (Å²) in [6.45, 7) is 4.33. The van der Waals surface area contributed by atoms with Gasteiger partial charge in [0.05, 0.1) is 28.4 Å². The van der Waals surface area contributed by atoms with Crippen LogP contribution in [0.5, 0.6) is 0 Å². The topological polar surface area (TPSA) is 41.6 Å². The SMILES string of the molecule is Cc1ccccc1-c1ccc2c3ccc(-c4ccccc4C)cc3n(-c3cc(-c4ccncc4)c(C#N)cc3-c3ccccc3)c2c1. The molecule has 8 rings (SSSR count). The molecule has 0 spiro atoms. The lowest BCUT2D eigenvalue weighted by atomic mass is 9.93. The van der Waals surface area contributed by atoms with Crippen molar-refractivity contribution in [1.82, 2.24) is 9.55 Å². The molecule has 0 saturated carbocycles. The highest BCUT2D eigenvalue weighted by atomic mass is 15.0. The van der Waals surface area contributed by atoms with Crippen molar-refractivity contribution in [2.75, 3.05) is 0 Å². The summed E-state index contributed by atoms with van der Waals surface area (Å²) < 4.78 is 2.41. The van der Waals surface area contributed by atoms with Crippen molar-refractivity contribution in [3.63, 3.8) is 0 Å². The molecule has 3 nitrogen and oxygen atoms in total. The predicted octanol–water partition coefficient (Wildman–Crippen LogP) is 11.3. The van der Waals surface area contributed by atoms with Gasteiger partial charge in [-0.05, 0) is 94.8 Å². The second kappa shape index (κ2) is 11.6. The Morgan fingerprint density at radius 3 is 1.57 bits per heavy atom. The van der Waals surface area contributed by atoms with Gasteiger partial charge in [-0.1, -0.05) is 103 Å². The minimum absolute atomic E-state index is 0.626. The van der Waals surface area contributed by atoms with Crippen molar-refractivity contribution in [1.29, 1.82) is 5.26 Å². The molecule has 3 heteroatoms. The van der Waals surface area contributed by atoms with Crippen LogP contribution in [0, 0.1) is 25.2 Å². The molecule has 0 bridgehead atoms. The quantitative estimate of drug-likeness (QED) is 0.197. The Bertz CT molecular complexity index is 2380. The summed E-state index contributed by atoms with van der Waals surface area (Å²) in [6.07, 6.45) is 3.56. The summed E-state index contributed by atoms with van der Waals surface area (Å²) in [4.78, 5) is 4.25. The van der Waals surface area contributed by atoms with Crippen LogP contribution in [-0.2, 0) is 0 Å². The molecule has 6 aromatic carbocycles. The van der Waals surface area contributed by atoms with Crippen molar-refractivity contribution >= 4 is 21.8 Å². The van der Waals surface area contributed by atoms with E-state index >= 15 is 0 Å². The normalized spacial score (nSPS) is 11.2. The lowest BCUT2D eigenvalue weighted by molar-refractivity contribution is 1.18. The average Bonchev–Trinajstić information content (AvgIpc) is 3.45. The summed E-state index contributed by atoms with van der Waals surface area (Å²) in [6, 6.07) is 51.8. The van der Waals surface area contributed by atoms with Gasteiger partial charge in [0, 0.05) is 34.3 Å². The molecule has 0 fully saturated rings. The van der Waals surface area contributed by atoms with Crippen LogP contribution in [0.4, 0.5) is 0 Å². The molecule has 2 heterocycles. The summed E-state index contributed by atoms with van der Waals surface area (Å²) in [5.74, 6) is 0. The number of hydrogen-bond donors (Lipinski definition) is 0. The van der Waals surface area contributed by atoms with Crippen molar-refractivity contribution in [2.45, 2.75) is 13.8 Å². The Balaban J connectivity index is 1.52. The molecular formula is C44H31N3. The Morgan fingerprint density at radius 1 is 0.489 bits per heavy atom. The number of fused-ring (bicyclic) bond motifs is 3. The summed E-state index contributed by atoms with van der Waals surface area (Å²) >= 11 is 0. The van der Waals surface area contributed by atoms with Gasteiger partial charge in [0.2, 0.25) is 0 Å². The van der Waals surface area contributed by atoms with Crippen molar-refractivity contribution in [3.8, 4) is 56.3 Å². The Labute approximate surface area is 274 Å². The lowest BCUT2D eigenvalue weighted by Crippen LogP contribution is -2.00. The fourth-order valence-electron chi connectivity index (χ4n) is 6.89. The molecular weight excluding hydrogens is 571 g/mol. The molecule has 0 atom stereocenters. The highest BCUT2D eigenvalue weighted by molar-refractivity contribution is 6.12. The van der Waals surface area contributed by atoms with E-state index in [-0.39, 0.29) is 0 Å². The van der Waals surface area contributed by atoms with E-state index in [1.54, 1.807) is 12.4 Å². The summed E-state index contributed by atoms with van der Waals surface area (Å²) in [5, 5.41) is 12.8. The number of nitriles is 1. The maximum Gasteiger partial charge on any atom is 0.0998 e. The minimum atomic E-state index is 0.626. The van der Waals surface area contributed by atoms with Gasteiger partial charge in [-0.2, -0.15) is 5.26 Å².